The van der Waals surface area contributed by atoms with Gasteiger partial charge in [0, 0.05) is 22.0 Å². The highest BCUT2D eigenvalue weighted by Gasteiger charge is 2.35. The molecule has 1 aliphatic heterocycles. The molecule has 44 heavy (non-hydrogen) atoms. The summed E-state index contributed by atoms with van der Waals surface area (Å²) in [4.78, 5) is 37.2. The zero-order valence-corrected chi connectivity index (χ0v) is 25.1. The standard InChI is InChI=1S/C37H29N3O3S/c1-3-43-36(42)30-33(25-17-9-5-10-18-25)39-37-40(34(30)26-19-11-6-12-20-26)35(41)29(44-37)22-28-27-21-13-14-23(2)31(27)38-32(28)24-15-7-4-8-16-24/h4-22,34,38H,3H2,1-2H3/b29-22+/t34-/m1/s1. The maximum atomic E-state index is 14.4. The molecule has 0 saturated carbocycles. The first-order valence-electron chi connectivity index (χ1n) is 14.5. The number of para-hydroxylation sites is 1. The predicted molar refractivity (Wildman–Crippen MR) is 176 cm³/mol. The number of nitrogens with one attached hydrogen (secondary N) is 1. The smallest absolute Gasteiger partial charge is 0.338 e. The average Bonchev–Trinajstić information content (AvgIpc) is 3.59. The summed E-state index contributed by atoms with van der Waals surface area (Å²) >= 11 is 1.33. The van der Waals surface area contributed by atoms with Gasteiger partial charge in [-0.2, -0.15) is 0 Å². The molecule has 0 radical (unpaired) electrons. The molecule has 1 atom stereocenters. The molecule has 0 spiro atoms. The van der Waals surface area contributed by atoms with E-state index in [0.717, 1.165) is 44.4 Å². The molecule has 1 N–H and O–H groups in total. The third-order valence-corrected chi connectivity index (χ3v) is 8.89. The molecule has 7 rings (SSSR count). The number of benzene rings is 4. The summed E-state index contributed by atoms with van der Waals surface area (Å²) < 4.78 is 7.75. The van der Waals surface area contributed by atoms with Crippen LogP contribution in [0.4, 0.5) is 0 Å². The van der Waals surface area contributed by atoms with Crippen LogP contribution in [0.15, 0.2) is 125 Å². The number of hydrogen-bond donors (Lipinski definition) is 1. The first-order chi connectivity index (χ1) is 21.5. The highest BCUT2D eigenvalue weighted by Crippen LogP contribution is 2.36. The first kappa shape index (κ1) is 27.6. The number of carbonyl (C=O) groups is 1. The van der Waals surface area contributed by atoms with Crippen molar-refractivity contribution in [2.45, 2.75) is 19.9 Å². The van der Waals surface area contributed by atoms with E-state index in [1.54, 1.807) is 11.5 Å². The summed E-state index contributed by atoms with van der Waals surface area (Å²) in [6, 6.07) is 34.8. The van der Waals surface area contributed by atoms with Gasteiger partial charge in [-0.25, -0.2) is 9.79 Å². The van der Waals surface area contributed by atoms with Crippen LogP contribution in [0.3, 0.4) is 0 Å². The summed E-state index contributed by atoms with van der Waals surface area (Å²) in [7, 11) is 0. The number of aromatic nitrogens is 2. The molecular weight excluding hydrogens is 566 g/mol. The maximum absolute atomic E-state index is 14.4. The summed E-state index contributed by atoms with van der Waals surface area (Å²) in [6.45, 7) is 4.06. The second-order valence-electron chi connectivity index (χ2n) is 10.6. The molecule has 0 saturated heterocycles. The number of carbonyl (C=O) groups excluding carboxylic acids is 1. The van der Waals surface area contributed by atoms with Crippen molar-refractivity contribution < 1.29 is 9.53 Å². The van der Waals surface area contributed by atoms with Gasteiger partial charge in [0.05, 0.1) is 34.1 Å². The summed E-state index contributed by atoms with van der Waals surface area (Å²) in [6.07, 6.45) is 1.96. The number of hydrogen-bond acceptors (Lipinski definition) is 5. The van der Waals surface area contributed by atoms with Crippen molar-refractivity contribution in [3.8, 4) is 11.3 Å². The Labute approximate surface area is 257 Å². The molecule has 0 amide bonds. The highest BCUT2D eigenvalue weighted by atomic mass is 32.1. The van der Waals surface area contributed by atoms with Crippen molar-refractivity contribution in [1.82, 2.24) is 9.55 Å². The van der Waals surface area contributed by atoms with E-state index in [-0.39, 0.29) is 12.2 Å². The summed E-state index contributed by atoms with van der Waals surface area (Å²) in [5.74, 6) is -0.489. The Bertz CT molecular complexity index is 2230. The number of H-pyrrole nitrogens is 1. The van der Waals surface area contributed by atoms with Crippen molar-refractivity contribution in [3.63, 3.8) is 0 Å². The predicted octanol–water partition coefficient (Wildman–Crippen LogP) is 6.39. The van der Waals surface area contributed by atoms with E-state index in [1.165, 1.54) is 11.3 Å². The molecule has 1 aliphatic rings. The second-order valence-corrected chi connectivity index (χ2v) is 11.6. The van der Waals surface area contributed by atoms with E-state index >= 15 is 0 Å². The Morgan fingerprint density at radius 3 is 2.25 bits per heavy atom. The fourth-order valence-electron chi connectivity index (χ4n) is 5.89. The van der Waals surface area contributed by atoms with E-state index in [0.29, 0.717) is 20.6 Å². The first-order valence-corrected chi connectivity index (χ1v) is 15.4. The number of thiazole rings is 1. The fourth-order valence-corrected chi connectivity index (χ4v) is 6.87. The highest BCUT2D eigenvalue weighted by molar-refractivity contribution is 7.07. The van der Waals surface area contributed by atoms with Gasteiger partial charge in [-0.3, -0.25) is 9.36 Å². The molecule has 0 bridgehead atoms. The normalized spacial score (nSPS) is 14.9. The molecule has 6 aromatic rings. The molecule has 0 unspecified atom stereocenters. The topological polar surface area (TPSA) is 76.4 Å². The SMILES string of the molecule is CCOC(=O)C1=C(c2ccccc2)N=c2s/c(=C/c3c(-c4ccccc4)[nH]c4c(C)cccc34)c(=O)n2[C@@H]1c1ccccc1. The van der Waals surface area contributed by atoms with Crippen molar-refractivity contribution in [1.29, 1.82) is 0 Å². The third kappa shape index (κ3) is 4.71. The van der Waals surface area contributed by atoms with E-state index < -0.39 is 12.0 Å². The van der Waals surface area contributed by atoms with Gasteiger partial charge in [0.2, 0.25) is 0 Å². The van der Waals surface area contributed by atoms with Crippen LogP contribution in [0.1, 0.15) is 35.2 Å². The summed E-state index contributed by atoms with van der Waals surface area (Å²) in [5, 5.41) is 1.03. The van der Waals surface area contributed by atoms with Crippen LogP contribution in [0, 0.1) is 6.92 Å². The number of rotatable bonds is 6. The van der Waals surface area contributed by atoms with Crippen LogP contribution in [0.2, 0.25) is 0 Å². The third-order valence-electron chi connectivity index (χ3n) is 7.91. The van der Waals surface area contributed by atoms with Crippen LogP contribution in [0.5, 0.6) is 0 Å². The molecule has 216 valence electrons. The molecule has 3 heterocycles. The van der Waals surface area contributed by atoms with Crippen LogP contribution < -0.4 is 14.9 Å². The van der Waals surface area contributed by atoms with Gasteiger partial charge >= 0.3 is 5.97 Å². The number of aromatic amines is 1. The zero-order chi connectivity index (χ0) is 30.2. The monoisotopic (exact) mass is 595 g/mol. The Kier molecular flexibility index (Phi) is 7.16. The largest absolute Gasteiger partial charge is 0.463 e. The van der Waals surface area contributed by atoms with Gasteiger partial charge in [0.25, 0.3) is 5.56 Å². The molecule has 6 nitrogen and oxygen atoms in total. The van der Waals surface area contributed by atoms with Crippen molar-refractivity contribution >= 4 is 40.0 Å². The van der Waals surface area contributed by atoms with Gasteiger partial charge in [-0.15, -0.1) is 0 Å². The lowest BCUT2D eigenvalue weighted by Gasteiger charge is -2.25. The number of nitrogens with zero attached hydrogens (tertiary/aromatic N) is 2. The minimum Gasteiger partial charge on any atom is -0.463 e. The second kappa shape index (κ2) is 11.4. The number of ether oxygens (including phenoxy) is 1. The van der Waals surface area contributed by atoms with E-state index in [9.17, 15) is 9.59 Å². The lowest BCUT2D eigenvalue weighted by atomic mass is 9.93. The number of fused-ring (bicyclic) bond motifs is 2. The van der Waals surface area contributed by atoms with Crippen molar-refractivity contribution in [3.05, 3.63) is 157 Å². The molecular formula is C37H29N3O3S. The van der Waals surface area contributed by atoms with Gasteiger partial charge in [0.1, 0.15) is 0 Å². The van der Waals surface area contributed by atoms with Gasteiger partial charge in [0.15, 0.2) is 4.80 Å². The minimum absolute atomic E-state index is 0.207. The molecule has 7 heteroatoms. The Morgan fingerprint density at radius 2 is 1.57 bits per heavy atom. The van der Waals surface area contributed by atoms with Crippen LogP contribution in [0.25, 0.3) is 33.9 Å². The molecule has 2 aromatic heterocycles. The van der Waals surface area contributed by atoms with E-state index in [1.807, 2.05) is 91.0 Å². The Balaban J connectivity index is 1.53. The minimum atomic E-state index is -0.706. The average molecular weight is 596 g/mol. The number of aryl methyl sites for hydroxylation is 1. The zero-order valence-electron chi connectivity index (χ0n) is 24.3. The van der Waals surface area contributed by atoms with Crippen molar-refractivity contribution in [2.24, 2.45) is 4.99 Å². The fraction of sp³-hybridized carbons (Fsp3) is 0.108. The van der Waals surface area contributed by atoms with Gasteiger partial charge in [-0.05, 0) is 36.6 Å². The van der Waals surface area contributed by atoms with Crippen LogP contribution in [-0.2, 0) is 9.53 Å². The van der Waals surface area contributed by atoms with Crippen molar-refractivity contribution in [2.75, 3.05) is 6.61 Å². The maximum Gasteiger partial charge on any atom is 0.338 e. The van der Waals surface area contributed by atoms with E-state index in [2.05, 4.69) is 36.2 Å². The Morgan fingerprint density at radius 1 is 0.909 bits per heavy atom. The lowest BCUT2D eigenvalue weighted by Crippen LogP contribution is -2.40. The summed E-state index contributed by atoms with van der Waals surface area (Å²) in [5.41, 5.74) is 7.29. The molecule has 0 aliphatic carbocycles. The number of esters is 1. The van der Waals surface area contributed by atoms with Crippen LogP contribution in [-0.4, -0.2) is 22.1 Å². The molecule has 4 aromatic carbocycles. The Hall–Kier alpha value is -5.27. The van der Waals surface area contributed by atoms with Gasteiger partial charge in [-0.1, -0.05) is 121 Å². The lowest BCUT2D eigenvalue weighted by molar-refractivity contribution is -0.138. The van der Waals surface area contributed by atoms with E-state index in [4.69, 9.17) is 9.73 Å². The quantitative estimate of drug-likeness (QED) is 0.227. The van der Waals surface area contributed by atoms with Gasteiger partial charge < -0.3 is 9.72 Å². The molecule has 0 fully saturated rings. The van der Waals surface area contributed by atoms with Crippen LogP contribution >= 0.6 is 11.3 Å².